The van der Waals surface area contributed by atoms with Crippen LogP contribution in [0, 0.1) is 5.92 Å². The smallest absolute Gasteiger partial charge is 0.264 e. The van der Waals surface area contributed by atoms with Crippen molar-refractivity contribution in [1.29, 1.82) is 0 Å². The molecule has 3 aromatic carbocycles. The van der Waals surface area contributed by atoms with E-state index >= 15 is 0 Å². The van der Waals surface area contributed by atoms with Gasteiger partial charge in [0.25, 0.3) is 15.9 Å². The summed E-state index contributed by atoms with van der Waals surface area (Å²) >= 11 is 0. The second kappa shape index (κ2) is 14.7. The number of hydrogen-bond acceptors (Lipinski definition) is 9. The monoisotopic (exact) mass is 723 g/mol. The van der Waals surface area contributed by atoms with E-state index in [0.717, 1.165) is 11.6 Å². The third kappa shape index (κ3) is 7.37. The second-order valence-corrected chi connectivity index (χ2v) is 14.2. The summed E-state index contributed by atoms with van der Waals surface area (Å²) in [5.41, 5.74) is 0.461. The number of amides is 4. The molecule has 1 saturated heterocycles. The third-order valence-corrected chi connectivity index (χ3v) is 10.5. The zero-order valence-corrected chi connectivity index (χ0v) is 29.1. The SMILES string of the molecule is C=CC(=O)NCC(=O)N1CC(Oc2cc(-c3ccccc3)nc3cc(OC)ccc23)CC1C(=O)NC1(C(=O)NS(=O)(=O)c2ccccc2)CC1C=C. The Balaban J connectivity index is 1.28. The first-order valence-electron chi connectivity index (χ1n) is 16.5. The molecule has 0 bridgehead atoms. The first-order valence-corrected chi connectivity index (χ1v) is 17.9. The van der Waals surface area contributed by atoms with Crippen LogP contribution in [0.15, 0.2) is 115 Å². The quantitative estimate of drug-likeness (QED) is 0.138. The maximum atomic E-state index is 14.1. The number of pyridine rings is 1. The molecule has 0 radical (unpaired) electrons. The summed E-state index contributed by atoms with van der Waals surface area (Å²) in [6, 6.07) is 22.9. The van der Waals surface area contributed by atoms with E-state index in [1.165, 1.54) is 35.2 Å². The van der Waals surface area contributed by atoms with Gasteiger partial charge in [0.2, 0.25) is 17.7 Å². The molecule has 1 aliphatic carbocycles. The van der Waals surface area contributed by atoms with Crippen molar-refractivity contribution in [2.75, 3.05) is 20.2 Å². The molecule has 1 saturated carbocycles. The molecule has 2 heterocycles. The van der Waals surface area contributed by atoms with Gasteiger partial charge in [-0.25, -0.2) is 18.1 Å². The average molecular weight is 724 g/mol. The molecule has 4 aromatic rings. The fourth-order valence-corrected chi connectivity index (χ4v) is 7.35. The van der Waals surface area contributed by atoms with Crippen LogP contribution in [0.25, 0.3) is 22.2 Å². The van der Waals surface area contributed by atoms with Gasteiger partial charge in [-0.3, -0.25) is 19.2 Å². The number of hydrogen-bond donors (Lipinski definition) is 3. The molecule has 268 valence electrons. The molecule has 4 atom stereocenters. The summed E-state index contributed by atoms with van der Waals surface area (Å²) in [6.45, 7) is 6.70. The van der Waals surface area contributed by atoms with Crippen molar-refractivity contribution >= 4 is 44.6 Å². The highest BCUT2D eigenvalue weighted by atomic mass is 32.2. The van der Waals surface area contributed by atoms with Crippen LogP contribution in [0.5, 0.6) is 11.5 Å². The number of methoxy groups -OCH3 is 1. The van der Waals surface area contributed by atoms with Crippen LogP contribution in [0.4, 0.5) is 0 Å². The maximum Gasteiger partial charge on any atom is 0.264 e. The fraction of sp³-hybridized carbons (Fsp3) is 0.237. The van der Waals surface area contributed by atoms with Crippen LogP contribution in [0.2, 0.25) is 0 Å². The molecule has 14 heteroatoms. The fourth-order valence-electron chi connectivity index (χ4n) is 6.29. The summed E-state index contributed by atoms with van der Waals surface area (Å²) in [4.78, 5) is 59.1. The third-order valence-electron chi connectivity index (χ3n) is 9.16. The largest absolute Gasteiger partial charge is 0.497 e. The van der Waals surface area contributed by atoms with Crippen molar-refractivity contribution in [2.24, 2.45) is 5.92 Å². The summed E-state index contributed by atoms with van der Waals surface area (Å²) in [6.07, 6.45) is 1.91. The van der Waals surface area contributed by atoms with Gasteiger partial charge in [0.1, 0.15) is 29.2 Å². The van der Waals surface area contributed by atoms with Crippen molar-refractivity contribution in [3.8, 4) is 22.8 Å². The van der Waals surface area contributed by atoms with E-state index in [1.54, 1.807) is 31.4 Å². The lowest BCUT2D eigenvalue weighted by atomic mass is 10.1. The molecule has 6 rings (SSSR count). The zero-order chi connectivity index (χ0) is 37.0. The molecular weight excluding hydrogens is 687 g/mol. The summed E-state index contributed by atoms with van der Waals surface area (Å²) in [5, 5.41) is 5.86. The number of nitrogens with zero attached hydrogens (tertiary/aromatic N) is 2. The minimum atomic E-state index is -4.25. The number of fused-ring (bicyclic) bond motifs is 1. The zero-order valence-electron chi connectivity index (χ0n) is 28.3. The first kappa shape index (κ1) is 35.8. The Morgan fingerprint density at radius 1 is 1.00 bits per heavy atom. The van der Waals surface area contributed by atoms with Crippen LogP contribution >= 0.6 is 0 Å². The number of aromatic nitrogens is 1. The Morgan fingerprint density at radius 3 is 2.37 bits per heavy atom. The standard InChI is InChI=1S/C38H37N5O8S/c1-4-25-21-38(25,37(47)42-52(48,49)28-14-10-7-11-15-28)41-36(46)32-19-27(23-43(32)35(45)22-39-34(44)5-2)51-33-20-30(24-12-8-6-9-13-24)40-31-18-26(50-3)16-17-29(31)33/h4-18,20,25,27,32H,1-2,19,21-23H2,3H3,(H,39,44)(H,41,46)(H,42,47). The molecule has 2 fully saturated rings. The minimum Gasteiger partial charge on any atom is -0.497 e. The van der Waals surface area contributed by atoms with E-state index in [0.29, 0.717) is 28.1 Å². The molecule has 3 N–H and O–H groups in total. The van der Waals surface area contributed by atoms with Gasteiger partial charge in [-0.05, 0) is 36.8 Å². The Hall–Kier alpha value is -6.02. The second-order valence-electron chi connectivity index (χ2n) is 12.5. The van der Waals surface area contributed by atoms with E-state index < -0.39 is 63.8 Å². The molecule has 4 amide bonds. The van der Waals surface area contributed by atoms with Gasteiger partial charge in [-0.1, -0.05) is 61.2 Å². The van der Waals surface area contributed by atoms with E-state index in [2.05, 4.69) is 28.5 Å². The Labute approximate surface area is 300 Å². The van der Waals surface area contributed by atoms with E-state index in [9.17, 15) is 27.6 Å². The lowest BCUT2D eigenvalue weighted by Crippen LogP contribution is -2.56. The highest BCUT2D eigenvalue weighted by Crippen LogP contribution is 2.45. The van der Waals surface area contributed by atoms with Gasteiger partial charge in [-0.2, -0.15) is 0 Å². The van der Waals surface area contributed by atoms with Crippen LogP contribution in [0.3, 0.4) is 0 Å². The number of carbonyl (C=O) groups is 4. The Morgan fingerprint density at radius 2 is 1.71 bits per heavy atom. The molecule has 13 nitrogen and oxygen atoms in total. The highest BCUT2D eigenvalue weighted by molar-refractivity contribution is 7.90. The number of benzene rings is 3. The van der Waals surface area contributed by atoms with Crippen molar-refractivity contribution in [1.82, 2.24) is 25.2 Å². The number of likely N-dealkylation sites (tertiary alicyclic amines) is 1. The highest BCUT2D eigenvalue weighted by Gasteiger charge is 2.61. The van der Waals surface area contributed by atoms with Gasteiger partial charge < -0.3 is 25.0 Å². The molecule has 1 aliphatic heterocycles. The Bertz CT molecular complexity index is 2160. The first-order chi connectivity index (χ1) is 25.0. The van der Waals surface area contributed by atoms with Crippen LogP contribution in [-0.2, 0) is 29.2 Å². The van der Waals surface area contributed by atoms with Crippen LogP contribution in [-0.4, -0.2) is 79.8 Å². The predicted molar refractivity (Wildman–Crippen MR) is 192 cm³/mol. The number of nitrogens with one attached hydrogen (secondary N) is 3. The van der Waals surface area contributed by atoms with Crippen LogP contribution in [0.1, 0.15) is 12.8 Å². The molecular formula is C38H37N5O8S. The Kier molecular flexibility index (Phi) is 10.1. The minimum absolute atomic E-state index is 0.0202. The summed E-state index contributed by atoms with van der Waals surface area (Å²) < 4.78 is 40.1. The van der Waals surface area contributed by atoms with E-state index in [-0.39, 0.29) is 24.3 Å². The number of sulfonamides is 1. The number of rotatable bonds is 13. The number of ether oxygens (including phenoxy) is 2. The van der Waals surface area contributed by atoms with E-state index in [1.807, 2.05) is 36.4 Å². The normalized spacial score (nSPS) is 20.7. The molecule has 1 aromatic heterocycles. The van der Waals surface area contributed by atoms with Gasteiger partial charge in [0, 0.05) is 35.4 Å². The number of carbonyl (C=O) groups excluding carboxylic acids is 4. The molecule has 4 unspecified atom stereocenters. The lowest BCUT2D eigenvalue weighted by Gasteiger charge is -2.26. The van der Waals surface area contributed by atoms with Crippen molar-refractivity contribution in [3.05, 3.63) is 110 Å². The average Bonchev–Trinajstić information content (AvgIpc) is 3.72. The van der Waals surface area contributed by atoms with Crippen molar-refractivity contribution < 1.29 is 37.1 Å². The van der Waals surface area contributed by atoms with Gasteiger partial charge in [0.05, 0.1) is 36.3 Å². The predicted octanol–water partition coefficient (Wildman–Crippen LogP) is 3.13. The molecule has 52 heavy (non-hydrogen) atoms. The maximum absolute atomic E-state index is 14.1. The van der Waals surface area contributed by atoms with Crippen LogP contribution < -0.4 is 24.8 Å². The summed E-state index contributed by atoms with van der Waals surface area (Å²) in [7, 11) is -2.70. The van der Waals surface area contributed by atoms with Crippen molar-refractivity contribution in [3.63, 3.8) is 0 Å². The van der Waals surface area contributed by atoms with E-state index in [4.69, 9.17) is 14.5 Å². The molecule has 2 aliphatic rings. The van der Waals surface area contributed by atoms with Crippen molar-refractivity contribution in [2.45, 2.75) is 35.4 Å². The van der Waals surface area contributed by atoms with Gasteiger partial charge >= 0.3 is 0 Å². The summed E-state index contributed by atoms with van der Waals surface area (Å²) in [5.74, 6) is -2.28. The molecule has 0 spiro atoms. The van der Waals surface area contributed by atoms with Gasteiger partial charge in [0.15, 0.2) is 0 Å². The topological polar surface area (TPSA) is 173 Å². The lowest BCUT2D eigenvalue weighted by molar-refractivity contribution is -0.139. The van der Waals surface area contributed by atoms with Gasteiger partial charge in [-0.15, -0.1) is 6.58 Å².